The Bertz CT molecular complexity index is 1480. The number of hydrogen-bond donors (Lipinski definition) is 1. The summed E-state index contributed by atoms with van der Waals surface area (Å²) in [7, 11) is -2.71. The lowest BCUT2D eigenvalue weighted by Gasteiger charge is -2.32. The number of benzene rings is 3. The molecular formula is C31H36ClN3O5S. The molecule has 41 heavy (non-hydrogen) atoms. The van der Waals surface area contributed by atoms with Gasteiger partial charge in [0.25, 0.3) is 10.0 Å². The zero-order chi connectivity index (χ0) is 29.6. The summed E-state index contributed by atoms with van der Waals surface area (Å²) < 4.78 is 34.1. The molecule has 1 fully saturated rings. The first-order chi connectivity index (χ1) is 19.6. The van der Waals surface area contributed by atoms with Crippen molar-refractivity contribution in [2.24, 2.45) is 0 Å². The van der Waals surface area contributed by atoms with Gasteiger partial charge in [-0.25, -0.2) is 8.42 Å². The zero-order valence-electron chi connectivity index (χ0n) is 23.5. The van der Waals surface area contributed by atoms with E-state index in [1.807, 2.05) is 31.2 Å². The van der Waals surface area contributed by atoms with Crippen LogP contribution >= 0.6 is 11.6 Å². The molecule has 0 bridgehead atoms. The smallest absolute Gasteiger partial charge is 0.264 e. The first kappa shape index (κ1) is 30.4. The second kappa shape index (κ2) is 13.4. The van der Waals surface area contributed by atoms with Gasteiger partial charge in [-0.15, -0.1) is 0 Å². The second-order valence-corrected chi connectivity index (χ2v) is 12.6. The average Bonchev–Trinajstić information content (AvgIpc) is 3.47. The van der Waals surface area contributed by atoms with E-state index in [4.69, 9.17) is 16.3 Å². The van der Waals surface area contributed by atoms with Gasteiger partial charge in [-0.05, 0) is 62.6 Å². The van der Waals surface area contributed by atoms with Crippen LogP contribution in [0.1, 0.15) is 43.7 Å². The number of nitrogens with zero attached hydrogens (tertiary/aromatic N) is 2. The minimum Gasteiger partial charge on any atom is -0.495 e. The number of hydrogen-bond acceptors (Lipinski definition) is 5. The summed E-state index contributed by atoms with van der Waals surface area (Å²) in [6, 6.07) is 19.4. The summed E-state index contributed by atoms with van der Waals surface area (Å²) in [4.78, 5) is 28.9. The van der Waals surface area contributed by atoms with Gasteiger partial charge in [-0.2, -0.15) is 0 Å². The fourth-order valence-corrected chi connectivity index (χ4v) is 6.72. The molecule has 1 N–H and O–H groups in total. The molecule has 0 aliphatic heterocycles. The largest absolute Gasteiger partial charge is 0.495 e. The Morgan fingerprint density at radius 1 is 1.02 bits per heavy atom. The molecule has 1 unspecified atom stereocenters. The van der Waals surface area contributed by atoms with Gasteiger partial charge < -0.3 is 15.0 Å². The molecule has 10 heteroatoms. The van der Waals surface area contributed by atoms with Crippen LogP contribution in [-0.4, -0.2) is 50.9 Å². The maximum Gasteiger partial charge on any atom is 0.264 e. The Morgan fingerprint density at radius 3 is 2.37 bits per heavy atom. The zero-order valence-corrected chi connectivity index (χ0v) is 25.1. The molecule has 8 nitrogen and oxygen atoms in total. The van der Waals surface area contributed by atoms with Crippen LogP contribution in [-0.2, 0) is 26.2 Å². The first-order valence-electron chi connectivity index (χ1n) is 13.7. The van der Waals surface area contributed by atoms with Crippen LogP contribution in [0.5, 0.6) is 5.75 Å². The summed E-state index contributed by atoms with van der Waals surface area (Å²) >= 11 is 6.37. The standard InChI is InChI=1S/C31H36ClN3O5S/c1-22-10-9-11-24(18-22)20-34(23(2)31(37)33-25-12-7-8-13-25)30(36)21-35(26-16-17-29(40-3)28(32)19-26)41(38,39)27-14-5-4-6-15-27/h4-6,9-11,14-19,23,25H,7-8,12-13,20-21H2,1-3H3,(H,33,37). The van der Waals surface area contributed by atoms with E-state index in [-0.39, 0.29) is 34.1 Å². The van der Waals surface area contributed by atoms with Crippen LogP contribution in [0, 0.1) is 6.92 Å². The maximum atomic E-state index is 14.1. The minimum atomic E-state index is -4.18. The molecule has 0 radical (unpaired) electrons. The summed E-state index contributed by atoms with van der Waals surface area (Å²) in [5.41, 5.74) is 2.05. The van der Waals surface area contributed by atoms with E-state index in [1.54, 1.807) is 37.3 Å². The number of amides is 2. The highest BCUT2D eigenvalue weighted by Crippen LogP contribution is 2.32. The van der Waals surface area contributed by atoms with Crippen molar-refractivity contribution in [2.75, 3.05) is 18.0 Å². The van der Waals surface area contributed by atoms with Gasteiger partial charge in [-0.3, -0.25) is 13.9 Å². The van der Waals surface area contributed by atoms with Gasteiger partial charge in [0, 0.05) is 12.6 Å². The number of carbonyl (C=O) groups is 2. The lowest BCUT2D eigenvalue weighted by molar-refractivity contribution is -0.139. The van der Waals surface area contributed by atoms with E-state index in [0.717, 1.165) is 41.1 Å². The van der Waals surface area contributed by atoms with Gasteiger partial charge in [0.05, 0.1) is 22.7 Å². The van der Waals surface area contributed by atoms with Crippen LogP contribution in [0.4, 0.5) is 5.69 Å². The Labute approximate surface area is 247 Å². The number of nitrogens with one attached hydrogen (secondary N) is 1. The third kappa shape index (κ3) is 7.40. The van der Waals surface area contributed by atoms with E-state index >= 15 is 0 Å². The summed E-state index contributed by atoms with van der Waals surface area (Å²) in [5, 5.41) is 3.28. The van der Waals surface area contributed by atoms with Crippen molar-refractivity contribution in [1.29, 1.82) is 0 Å². The SMILES string of the molecule is COc1ccc(N(CC(=O)N(Cc2cccc(C)c2)C(C)C(=O)NC2CCCC2)S(=O)(=O)c2ccccc2)cc1Cl. The van der Waals surface area contributed by atoms with Gasteiger partial charge in [0.2, 0.25) is 11.8 Å². The number of halogens is 1. The number of methoxy groups -OCH3 is 1. The van der Waals surface area contributed by atoms with Gasteiger partial charge >= 0.3 is 0 Å². The van der Waals surface area contributed by atoms with Crippen molar-refractivity contribution in [3.05, 3.63) is 88.9 Å². The number of ether oxygens (including phenoxy) is 1. The molecule has 1 atom stereocenters. The normalized spacial score (nSPS) is 14.3. The molecule has 3 aromatic carbocycles. The molecule has 4 rings (SSSR count). The molecular weight excluding hydrogens is 562 g/mol. The Balaban J connectivity index is 1.70. The van der Waals surface area contributed by atoms with E-state index < -0.39 is 28.5 Å². The fourth-order valence-electron chi connectivity index (χ4n) is 5.04. The highest BCUT2D eigenvalue weighted by atomic mass is 35.5. The third-order valence-corrected chi connectivity index (χ3v) is 9.42. The van der Waals surface area contributed by atoms with Crippen molar-refractivity contribution >= 4 is 39.1 Å². The lowest BCUT2D eigenvalue weighted by atomic mass is 10.1. The predicted molar refractivity (Wildman–Crippen MR) is 161 cm³/mol. The van der Waals surface area contributed by atoms with Crippen LogP contribution in [0.3, 0.4) is 0 Å². The molecule has 0 heterocycles. The molecule has 1 aliphatic carbocycles. The van der Waals surface area contributed by atoms with Crippen LogP contribution in [0.2, 0.25) is 5.02 Å². The van der Waals surface area contributed by atoms with Crippen LogP contribution in [0.15, 0.2) is 77.7 Å². The van der Waals surface area contributed by atoms with E-state index in [0.29, 0.717) is 5.75 Å². The Kier molecular flexibility index (Phi) is 9.94. The molecule has 3 aromatic rings. The van der Waals surface area contributed by atoms with Crippen molar-refractivity contribution in [1.82, 2.24) is 10.2 Å². The molecule has 2 amide bonds. The molecule has 218 valence electrons. The number of sulfonamides is 1. The van der Waals surface area contributed by atoms with Gasteiger partial charge in [0.15, 0.2) is 0 Å². The Hall–Kier alpha value is -3.56. The summed E-state index contributed by atoms with van der Waals surface area (Å²) in [5.74, 6) is -0.410. The van der Waals surface area contributed by atoms with Gasteiger partial charge in [0.1, 0.15) is 18.3 Å². The van der Waals surface area contributed by atoms with Crippen molar-refractivity contribution in [3.63, 3.8) is 0 Å². The molecule has 1 saturated carbocycles. The van der Waals surface area contributed by atoms with E-state index in [1.165, 1.54) is 30.2 Å². The lowest BCUT2D eigenvalue weighted by Crippen LogP contribution is -2.52. The average molecular weight is 598 g/mol. The number of aryl methyl sites for hydroxylation is 1. The third-order valence-electron chi connectivity index (χ3n) is 7.34. The highest BCUT2D eigenvalue weighted by molar-refractivity contribution is 7.92. The van der Waals surface area contributed by atoms with Gasteiger partial charge in [-0.1, -0.05) is 72.5 Å². The monoisotopic (exact) mass is 597 g/mol. The topological polar surface area (TPSA) is 96.0 Å². The van der Waals surface area contributed by atoms with Crippen molar-refractivity contribution in [3.8, 4) is 5.75 Å². The summed E-state index contributed by atoms with van der Waals surface area (Å²) in [6.45, 7) is 3.24. The first-order valence-corrected chi connectivity index (χ1v) is 15.5. The number of carbonyl (C=O) groups excluding carboxylic acids is 2. The molecule has 0 aromatic heterocycles. The van der Waals surface area contributed by atoms with Crippen LogP contribution < -0.4 is 14.4 Å². The molecule has 0 saturated heterocycles. The highest BCUT2D eigenvalue weighted by Gasteiger charge is 2.33. The van der Waals surface area contributed by atoms with Crippen molar-refractivity contribution < 1.29 is 22.7 Å². The maximum absolute atomic E-state index is 14.1. The molecule has 0 spiro atoms. The quantitative estimate of drug-likeness (QED) is 0.322. The predicted octanol–water partition coefficient (Wildman–Crippen LogP) is 5.33. The van der Waals surface area contributed by atoms with E-state index in [9.17, 15) is 18.0 Å². The fraction of sp³-hybridized carbons (Fsp3) is 0.355. The Morgan fingerprint density at radius 2 is 1.73 bits per heavy atom. The minimum absolute atomic E-state index is 0.0250. The van der Waals surface area contributed by atoms with Crippen LogP contribution in [0.25, 0.3) is 0 Å². The summed E-state index contributed by atoms with van der Waals surface area (Å²) in [6.07, 6.45) is 3.93. The van der Waals surface area contributed by atoms with E-state index in [2.05, 4.69) is 5.32 Å². The number of anilines is 1. The molecule has 1 aliphatic rings. The number of rotatable bonds is 11. The second-order valence-electron chi connectivity index (χ2n) is 10.3. The van der Waals surface area contributed by atoms with Crippen molar-refractivity contribution in [2.45, 2.75) is 63.1 Å².